The van der Waals surface area contributed by atoms with Crippen molar-refractivity contribution in [2.75, 3.05) is 26.8 Å². The number of rotatable bonds is 8. The number of hydrogen-bond acceptors (Lipinski definition) is 3. The van der Waals surface area contributed by atoms with Gasteiger partial charge in [-0.1, -0.05) is 13.3 Å². The summed E-state index contributed by atoms with van der Waals surface area (Å²) in [7, 11) is 2.05. The lowest BCUT2D eigenvalue weighted by Crippen LogP contribution is -2.46. The normalized spacial score (nSPS) is 30.6. The van der Waals surface area contributed by atoms with Crippen LogP contribution >= 0.6 is 0 Å². The van der Waals surface area contributed by atoms with Crippen LogP contribution in [0, 0.1) is 17.8 Å². The molecule has 3 atom stereocenters. The van der Waals surface area contributed by atoms with E-state index < -0.39 is 5.97 Å². The number of carbonyl (C=O) groups is 1. The van der Waals surface area contributed by atoms with Gasteiger partial charge in [0.1, 0.15) is 0 Å². The highest BCUT2D eigenvalue weighted by molar-refractivity contribution is 5.71. The maximum Gasteiger partial charge on any atom is 0.308 e. The third-order valence-corrected chi connectivity index (χ3v) is 5.02. The van der Waals surface area contributed by atoms with E-state index in [1.54, 1.807) is 0 Å². The minimum atomic E-state index is -0.629. The Bertz CT molecular complexity index is 317. The topological polar surface area (TPSA) is 49.8 Å². The fourth-order valence-corrected chi connectivity index (χ4v) is 3.29. The lowest BCUT2D eigenvalue weighted by molar-refractivity contribution is -0.146. The van der Waals surface area contributed by atoms with Crippen LogP contribution in [0.15, 0.2) is 0 Å². The third kappa shape index (κ3) is 4.45. The summed E-state index contributed by atoms with van der Waals surface area (Å²) < 4.78 is 5.68. The number of likely N-dealkylation sites (N-methyl/N-ethyl adjacent to an activating group) is 1. The van der Waals surface area contributed by atoms with Crippen LogP contribution in [0.1, 0.15) is 45.4 Å². The van der Waals surface area contributed by atoms with E-state index in [2.05, 4.69) is 18.9 Å². The molecule has 0 amide bonds. The minimum Gasteiger partial charge on any atom is -0.481 e. The van der Waals surface area contributed by atoms with Crippen molar-refractivity contribution in [1.82, 2.24) is 4.90 Å². The van der Waals surface area contributed by atoms with Crippen LogP contribution in [0.4, 0.5) is 0 Å². The van der Waals surface area contributed by atoms with Crippen molar-refractivity contribution >= 4 is 5.97 Å². The molecule has 0 aromatic heterocycles. The molecule has 2 rings (SSSR count). The highest BCUT2D eigenvalue weighted by Gasteiger charge is 2.36. The molecule has 0 saturated heterocycles. The van der Waals surface area contributed by atoms with E-state index in [-0.39, 0.29) is 12.0 Å². The van der Waals surface area contributed by atoms with Gasteiger partial charge in [-0.2, -0.15) is 0 Å². The molecule has 0 aromatic carbocycles. The molecule has 2 aliphatic rings. The molecule has 0 aliphatic heterocycles. The van der Waals surface area contributed by atoms with Gasteiger partial charge in [0.15, 0.2) is 0 Å². The van der Waals surface area contributed by atoms with E-state index in [9.17, 15) is 9.90 Å². The number of carboxylic acid groups (broad SMARTS) is 1. The van der Waals surface area contributed by atoms with Crippen molar-refractivity contribution in [3.8, 4) is 0 Å². The summed E-state index contributed by atoms with van der Waals surface area (Å²) in [4.78, 5) is 13.6. The fourth-order valence-electron chi connectivity index (χ4n) is 3.29. The van der Waals surface area contributed by atoms with Gasteiger partial charge >= 0.3 is 5.97 Å². The molecule has 2 saturated carbocycles. The predicted molar refractivity (Wildman–Crippen MR) is 78.7 cm³/mol. The van der Waals surface area contributed by atoms with E-state index in [4.69, 9.17) is 4.74 Å². The molecule has 3 unspecified atom stereocenters. The van der Waals surface area contributed by atoms with E-state index in [1.807, 2.05) is 0 Å². The number of carboxylic acids is 1. The maximum absolute atomic E-state index is 11.4. The summed E-state index contributed by atoms with van der Waals surface area (Å²) in [6.45, 7) is 4.67. The van der Waals surface area contributed by atoms with Crippen LogP contribution in [0.2, 0.25) is 0 Å². The fraction of sp³-hybridized carbons (Fsp3) is 0.938. The van der Waals surface area contributed by atoms with Gasteiger partial charge in [-0.3, -0.25) is 4.79 Å². The first kappa shape index (κ1) is 15.8. The molecule has 0 spiro atoms. The van der Waals surface area contributed by atoms with Crippen LogP contribution in [-0.2, 0) is 9.53 Å². The molecule has 4 nitrogen and oxygen atoms in total. The lowest BCUT2D eigenvalue weighted by atomic mass is 9.76. The van der Waals surface area contributed by atoms with Crippen molar-refractivity contribution in [3.05, 3.63) is 0 Å². The van der Waals surface area contributed by atoms with Crippen LogP contribution < -0.4 is 0 Å². The maximum atomic E-state index is 11.4. The number of ether oxygens (including phenoxy) is 1. The van der Waals surface area contributed by atoms with E-state index >= 15 is 0 Å². The lowest BCUT2D eigenvalue weighted by Gasteiger charge is -2.39. The molecular formula is C16H29NO3. The molecule has 0 radical (unpaired) electrons. The Morgan fingerprint density at radius 3 is 2.55 bits per heavy atom. The Morgan fingerprint density at radius 1 is 1.25 bits per heavy atom. The molecular weight excluding hydrogens is 254 g/mol. The summed E-state index contributed by atoms with van der Waals surface area (Å²) in [6.07, 6.45) is 6.71. The van der Waals surface area contributed by atoms with Crippen molar-refractivity contribution in [2.45, 2.75) is 51.5 Å². The highest BCUT2D eigenvalue weighted by Crippen LogP contribution is 2.34. The summed E-state index contributed by atoms with van der Waals surface area (Å²) in [5.74, 6) is 0.651. The van der Waals surface area contributed by atoms with Crippen LogP contribution in [-0.4, -0.2) is 48.8 Å². The zero-order valence-corrected chi connectivity index (χ0v) is 12.9. The summed E-state index contributed by atoms with van der Waals surface area (Å²) >= 11 is 0. The van der Waals surface area contributed by atoms with Crippen molar-refractivity contribution < 1.29 is 14.6 Å². The molecule has 2 aliphatic carbocycles. The van der Waals surface area contributed by atoms with E-state index in [0.29, 0.717) is 5.92 Å². The molecule has 116 valence electrons. The molecule has 4 heteroatoms. The molecule has 0 heterocycles. The van der Waals surface area contributed by atoms with E-state index in [1.165, 1.54) is 12.8 Å². The second-order valence-corrected chi connectivity index (χ2v) is 6.60. The Kier molecular flexibility index (Phi) is 5.85. The first-order chi connectivity index (χ1) is 9.61. The SMILES string of the molecule is CCC1CCC(C(=O)O)C(N(C)CCOCC2CC2)C1. The second kappa shape index (κ2) is 7.41. The van der Waals surface area contributed by atoms with Gasteiger partial charge in [-0.15, -0.1) is 0 Å². The van der Waals surface area contributed by atoms with Gasteiger partial charge in [-0.05, 0) is 51.0 Å². The Morgan fingerprint density at radius 2 is 1.95 bits per heavy atom. The average molecular weight is 283 g/mol. The van der Waals surface area contributed by atoms with Crippen LogP contribution in [0.25, 0.3) is 0 Å². The second-order valence-electron chi connectivity index (χ2n) is 6.60. The molecule has 0 aromatic rings. The summed E-state index contributed by atoms with van der Waals surface area (Å²) in [5.41, 5.74) is 0. The minimum absolute atomic E-state index is 0.177. The van der Waals surface area contributed by atoms with Gasteiger partial charge in [-0.25, -0.2) is 0 Å². The third-order valence-electron chi connectivity index (χ3n) is 5.02. The smallest absolute Gasteiger partial charge is 0.308 e. The standard InChI is InChI=1S/C16H29NO3/c1-3-12-6-7-14(16(18)19)15(10-12)17(2)8-9-20-11-13-4-5-13/h12-15H,3-11H2,1-2H3,(H,18,19). The quantitative estimate of drug-likeness (QED) is 0.696. The van der Waals surface area contributed by atoms with Crippen molar-refractivity contribution in [1.29, 1.82) is 0 Å². The van der Waals surface area contributed by atoms with Crippen LogP contribution in [0.3, 0.4) is 0 Å². The average Bonchev–Trinajstić information content (AvgIpc) is 3.26. The van der Waals surface area contributed by atoms with E-state index in [0.717, 1.165) is 51.4 Å². The first-order valence-electron chi connectivity index (χ1n) is 8.12. The van der Waals surface area contributed by atoms with Crippen molar-refractivity contribution in [2.24, 2.45) is 17.8 Å². The highest BCUT2D eigenvalue weighted by atomic mass is 16.5. The molecule has 20 heavy (non-hydrogen) atoms. The first-order valence-corrected chi connectivity index (χ1v) is 8.12. The van der Waals surface area contributed by atoms with Gasteiger partial charge in [0.05, 0.1) is 12.5 Å². The van der Waals surface area contributed by atoms with Crippen LogP contribution in [0.5, 0.6) is 0 Å². The molecule has 1 N–H and O–H groups in total. The number of aliphatic carboxylic acids is 1. The van der Waals surface area contributed by atoms with Gasteiger partial charge < -0.3 is 14.7 Å². The molecule has 0 bridgehead atoms. The summed E-state index contributed by atoms with van der Waals surface area (Å²) in [6, 6.07) is 0.177. The zero-order valence-electron chi connectivity index (χ0n) is 12.9. The van der Waals surface area contributed by atoms with Gasteiger partial charge in [0.25, 0.3) is 0 Å². The summed E-state index contributed by atoms with van der Waals surface area (Å²) in [5, 5.41) is 9.41. The van der Waals surface area contributed by atoms with Gasteiger partial charge in [0, 0.05) is 19.2 Å². The number of nitrogens with zero attached hydrogens (tertiary/aromatic N) is 1. The monoisotopic (exact) mass is 283 g/mol. The Hall–Kier alpha value is -0.610. The largest absolute Gasteiger partial charge is 0.481 e. The predicted octanol–water partition coefficient (Wildman–Crippen LogP) is 2.62. The number of hydrogen-bond donors (Lipinski definition) is 1. The Labute approximate surface area is 122 Å². The Balaban J connectivity index is 1.78. The molecule has 2 fully saturated rings. The van der Waals surface area contributed by atoms with Crippen molar-refractivity contribution in [3.63, 3.8) is 0 Å². The van der Waals surface area contributed by atoms with Gasteiger partial charge in [0.2, 0.25) is 0 Å². The zero-order chi connectivity index (χ0) is 14.5.